The molecule has 0 saturated carbocycles. The van der Waals surface area contributed by atoms with Gasteiger partial charge in [-0.2, -0.15) is 5.10 Å². The van der Waals surface area contributed by atoms with Gasteiger partial charge >= 0.3 is 0 Å². The minimum absolute atomic E-state index is 0.0225. The van der Waals surface area contributed by atoms with E-state index in [1.165, 1.54) is 5.56 Å². The quantitative estimate of drug-likeness (QED) is 0.383. The molecular formula is C26H32ClN5O. The number of anilines is 1. The average Bonchev–Trinajstić information content (AvgIpc) is 2.98. The number of hydrogen-bond acceptors (Lipinski definition) is 3. The van der Waals surface area contributed by atoms with E-state index in [4.69, 9.17) is 16.6 Å². The van der Waals surface area contributed by atoms with Crippen molar-refractivity contribution in [1.82, 2.24) is 15.1 Å². The molecule has 3 rings (SSSR count). The molecule has 0 aliphatic carbocycles. The van der Waals surface area contributed by atoms with Crippen LogP contribution in [0.15, 0.2) is 47.5 Å². The lowest BCUT2D eigenvalue weighted by Gasteiger charge is -2.19. The topological polar surface area (TPSA) is 71.3 Å². The van der Waals surface area contributed by atoms with Gasteiger partial charge in [0.2, 0.25) is 5.96 Å². The van der Waals surface area contributed by atoms with Crippen molar-refractivity contribution >= 4 is 29.2 Å². The summed E-state index contributed by atoms with van der Waals surface area (Å²) in [6.45, 7) is 12.8. The Kier molecular flexibility index (Phi) is 7.28. The van der Waals surface area contributed by atoms with E-state index in [1.807, 2.05) is 68.9 Å². The standard InChI is InChI=1S/C26H32ClN5O/c1-16-14-21(27)12-13-23(16)29-25(28-15-22-17(2)31-32(7)18(22)3)30-24(33)19-8-10-20(11-9-19)26(4,5)6/h8-14H,15H2,1-7H3,(H2,28,29,30,33). The number of aliphatic imine (C=N–C) groups is 1. The van der Waals surface area contributed by atoms with Gasteiger partial charge < -0.3 is 5.32 Å². The predicted octanol–water partition coefficient (Wildman–Crippen LogP) is 5.69. The Hall–Kier alpha value is -3.12. The zero-order chi connectivity index (χ0) is 24.3. The molecule has 174 valence electrons. The van der Waals surface area contributed by atoms with Gasteiger partial charge in [-0.15, -0.1) is 0 Å². The van der Waals surface area contributed by atoms with E-state index in [9.17, 15) is 4.79 Å². The maximum atomic E-state index is 13.0. The molecule has 0 unspecified atom stereocenters. The zero-order valence-corrected chi connectivity index (χ0v) is 21.1. The second-order valence-electron chi connectivity index (χ2n) is 9.30. The van der Waals surface area contributed by atoms with Gasteiger partial charge in [0.15, 0.2) is 0 Å². The molecule has 3 aromatic rings. The molecule has 0 spiro atoms. The first kappa shape index (κ1) is 24.5. The molecule has 6 nitrogen and oxygen atoms in total. The van der Waals surface area contributed by atoms with Crippen LogP contribution < -0.4 is 10.6 Å². The third-order valence-corrected chi connectivity index (χ3v) is 5.98. The first-order valence-electron chi connectivity index (χ1n) is 10.9. The summed E-state index contributed by atoms with van der Waals surface area (Å²) in [5.74, 6) is 0.140. The number of rotatable bonds is 4. The van der Waals surface area contributed by atoms with Gasteiger partial charge in [0.05, 0.1) is 12.2 Å². The summed E-state index contributed by atoms with van der Waals surface area (Å²) in [4.78, 5) is 17.7. The number of nitrogens with one attached hydrogen (secondary N) is 2. The molecule has 2 aromatic carbocycles. The monoisotopic (exact) mass is 465 g/mol. The fourth-order valence-electron chi connectivity index (χ4n) is 3.51. The third-order valence-electron chi connectivity index (χ3n) is 5.74. The van der Waals surface area contributed by atoms with Crippen molar-refractivity contribution in [1.29, 1.82) is 0 Å². The third kappa shape index (κ3) is 6.02. The van der Waals surface area contributed by atoms with Crippen molar-refractivity contribution in [3.63, 3.8) is 0 Å². The summed E-state index contributed by atoms with van der Waals surface area (Å²) in [6.07, 6.45) is 0. The Morgan fingerprint density at radius 3 is 2.30 bits per heavy atom. The Labute approximate surface area is 201 Å². The van der Waals surface area contributed by atoms with E-state index in [2.05, 4.69) is 36.5 Å². The summed E-state index contributed by atoms with van der Waals surface area (Å²) in [5, 5.41) is 11.3. The maximum absolute atomic E-state index is 13.0. The van der Waals surface area contributed by atoms with E-state index < -0.39 is 0 Å². The van der Waals surface area contributed by atoms with Crippen LogP contribution in [0.2, 0.25) is 5.02 Å². The second-order valence-corrected chi connectivity index (χ2v) is 9.74. The average molecular weight is 466 g/mol. The fourth-order valence-corrected chi connectivity index (χ4v) is 3.74. The van der Waals surface area contributed by atoms with E-state index in [1.54, 1.807) is 6.07 Å². The number of aryl methyl sites for hydroxylation is 3. The molecule has 0 fully saturated rings. The summed E-state index contributed by atoms with van der Waals surface area (Å²) in [5.41, 5.74) is 6.54. The molecule has 1 aromatic heterocycles. The number of aromatic nitrogens is 2. The van der Waals surface area contributed by atoms with Gasteiger partial charge in [0.25, 0.3) is 5.91 Å². The summed E-state index contributed by atoms with van der Waals surface area (Å²) in [7, 11) is 1.91. The number of halogens is 1. The number of carbonyl (C=O) groups is 1. The van der Waals surface area contributed by atoms with Crippen molar-refractivity contribution in [2.24, 2.45) is 12.0 Å². The normalized spacial score (nSPS) is 12.1. The molecule has 0 aliphatic heterocycles. The van der Waals surface area contributed by atoms with Crippen molar-refractivity contribution in [2.45, 2.75) is 53.5 Å². The largest absolute Gasteiger partial charge is 0.326 e. The second kappa shape index (κ2) is 9.79. The lowest BCUT2D eigenvalue weighted by molar-refractivity contribution is 0.0977. The van der Waals surface area contributed by atoms with Crippen LogP contribution in [0.25, 0.3) is 0 Å². The molecule has 2 N–H and O–H groups in total. The van der Waals surface area contributed by atoms with Crippen LogP contribution >= 0.6 is 11.6 Å². The Morgan fingerprint density at radius 2 is 1.76 bits per heavy atom. The molecule has 1 amide bonds. The van der Waals surface area contributed by atoms with Crippen LogP contribution in [-0.2, 0) is 19.0 Å². The summed E-state index contributed by atoms with van der Waals surface area (Å²) < 4.78 is 1.84. The molecule has 0 radical (unpaired) electrons. The van der Waals surface area contributed by atoms with Crippen LogP contribution in [0.1, 0.15) is 59.2 Å². The SMILES string of the molecule is Cc1cc(Cl)ccc1NC(=NCc1c(C)nn(C)c1C)NC(=O)c1ccc(C(C)(C)C)cc1. The molecular weight excluding hydrogens is 434 g/mol. The van der Waals surface area contributed by atoms with Crippen LogP contribution in [0.5, 0.6) is 0 Å². The van der Waals surface area contributed by atoms with Crippen molar-refractivity contribution in [2.75, 3.05) is 5.32 Å². The van der Waals surface area contributed by atoms with E-state index in [0.29, 0.717) is 23.1 Å². The number of benzene rings is 2. The lowest BCUT2D eigenvalue weighted by Crippen LogP contribution is -2.36. The van der Waals surface area contributed by atoms with Crippen molar-refractivity contribution in [3.8, 4) is 0 Å². The Balaban J connectivity index is 1.88. The Morgan fingerprint density at radius 1 is 1.09 bits per heavy atom. The van der Waals surface area contributed by atoms with Gasteiger partial charge in [-0.3, -0.25) is 14.8 Å². The summed E-state index contributed by atoms with van der Waals surface area (Å²) >= 11 is 6.10. The summed E-state index contributed by atoms with van der Waals surface area (Å²) in [6, 6.07) is 13.2. The van der Waals surface area contributed by atoms with Crippen LogP contribution in [-0.4, -0.2) is 21.6 Å². The van der Waals surface area contributed by atoms with Crippen LogP contribution in [0, 0.1) is 20.8 Å². The number of amides is 1. The highest BCUT2D eigenvalue weighted by Gasteiger charge is 2.16. The van der Waals surface area contributed by atoms with Gasteiger partial charge in [0, 0.05) is 34.6 Å². The lowest BCUT2D eigenvalue weighted by atomic mass is 9.87. The minimum Gasteiger partial charge on any atom is -0.326 e. The van der Waals surface area contributed by atoms with Crippen molar-refractivity contribution < 1.29 is 4.79 Å². The zero-order valence-electron chi connectivity index (χ0n) is 20.4. The maximum Gasteiger partial charge on any atom is 0.257 e. The van der Waals surface area contributed by atoms with Gasteiger partial charge in [-0.25, -0.2) is 4.99 Å². The van der Waals surface area contributed by atoms with Crippen molar-refractivity contribution in [3.05, 3.63) is 81.1 Å². The molecule has 7 heteroatoms. The first-order valence-corrected chi connectivity index (χ1v) is 11.3. The van der Waals surface area contributed by atoms with Gasteiger partial charge in [-0.1, -0.05) is 44.5 Å². The first-order chi connectivity index (χ1) is 15.5. The highest BCUT2D eigenvalue weighted by atomic mass is 35.5. The van der Waals surface area contributed by atoms with Crippen LogP contribution in [0.3, 0.4) is 0 Å². The van der Waals surface area contributed by atoms with E-state index in [-0.39, 0.29) is 11.3 Å². The van der Waals surface area contributed by atoms with Crippen LogP contribution in [0.4, 0.5) is 5.69 Å². The van der Waals surface area contributed by atoms with E-state index >= 15 is 0 Å². The Bertz CT molecular complexity index is 1190. The molecule has 1 heterocycles. The number of nitrogens with zero attached hydrogens (tertiary/aromatic N) is 3. The number of guanidine groups is 1. The number of carbonyl (C=O) groups excluding carboxylic acids is 1. The molecule has 33 heavy (non-hydrogen) atoms. The minimum atomic E-state index is -0.229. The molecule has 0 atom stereocenters. The highest BCUT2D eigenvalue weighted by Crippen LogP contribution is 2.23. The molecule has 0 saturated heterocycles. The van der Waals surface area contributed by atoms with Gasteiger partial charge in [0.1, 0.15) is 0 Å². The molecule has 0 bridgehead atoms. The molecule has 0 aliphatic rings. The van der Waals surface area contributed by atoms with E-state index in [0.717, 1.165) is 28.2 Å². The fraction of sp³-hybridized carbons (Fsp3) is 0.346. The van der Waals surface area contributed by atoms with Gasteiger partial charge in [-0.05, 0) is 67.6 Å². The number of hydrogen-bond donors (Lipinski definition) is 2. The highest BCUT2D eigenvalue weighted by molar-refractivity contribution is 6.30. The predicted molar refractivity (Wildman–Crippen MR) is 136 cm³/mol. The smallest absolute Gasteiger partial charge is 0.257 e.